The van der Waals surface area contributed by atoms with Gasteiger partial charge in [0.1, 0.15) is 0 Å². The summed E-state index contributed by atoms with van der Waals surface area (Å²) in [7, 11) is 0. The van der Waals surface area contributed by atoms with E-state index in [9.17, 15) is 0 Å². The maximum Gasteiger partial charge on any atom is 0.0165 e. The van der Waals surface area contributed by atoms with E-state index in [0.29, 0.717) is 0 Å². The van der Waals surface area contributed by atoms with Gasteiger partial charge in [-0.2, -0.15) is 0 Å². The highest BCUT2D eigenvalue weighted by atomic mass is 14.4. The highest BCUT2D eigenvalue weighted by Gasteiger charge is 2.40. The van der Waals surface area contributed by atoms with Crippen molar-refractivity contribution in [1.82, 2.24) is 0 Å². The maximum atomic E-state index is 2.46. The molecular weight excluding hydrogens is 1800 g/mol. The zero-order valence-corrected chi connectivity index (χ0v) is 86.5. The van der Waals surface area contributed by atoms with E-state index in [1.807, 2.05) is 109 Å². The van der Waals surface area contributed by atoms with Crippen LogP contribution in [0.15, 0.2) is 564 Å². The van der Waals surface area contributed by atoms with Crippen LogP contribution in [0.3, 0.4) is 0 Å². The van der Waals surface area contributed by atoms with Gasteiger partial charge >= 0.3 is 0 Å². The average Bonchev–Trinajstić information content (AvgIpc) is 1.10. The molecule has 0 saturated carbocycles. The number of fused-ring (bicyclic) bond motifs is 21. The molecule has 0 aliphatic heterocycles. The first kappa shape index (κ1) is 95.8. The summed E-state index contributed by atoms with van der Waals surface area (Å²) < 4.78 is 0. The molecule has 0 unspecified atom stereocenters. The van der Waals surface area contributed by atoms with Crippen molar-refractivity contribution in [1.29, 1.82) is 0 Å². The number of benzene rings is 25. The van der Waals surface area contributed by atoms with Gasteiger partial charge in [0.15, 0.2) is 0 Å². The second-order valence-electron chi connectivity index (χ2n) is 42.3. The van der Waals surface area contributed by atoms with Gasteiger partial charge in [0.25, 0.3) is 0 Å². The molecule has 0 spiro atoms. The molecule has 0 saturated heterocycles. The van der Waals surface area contributed by atoms with E-state index in [0.717, 1.165) is 0 Å². The number of hydrogen-bond acceptors (Lipinski definition) is 0. The zero-order chi connectivity index (χ0) is 102. The summed E-state index contributed by atoms with van der Waals surface area (Å²) in [5.74, 6) is 0. The molecule has 0 amide bonds. The molecular formula is C150H120. The Morgan fingerprint density at radius 2 is 0.427 bits per heavy atom. The van der Waals surface area contributed by atoms with E-state index in [1.54, 1.807) is 5.57 Å². The summed E-state index contributed by atoms with van der Waals surface area (Å²) in [5, 5.41) is 23.1. The number of hydrogen-bond donors (Lipinski definition) is 0. The molecule has 0 heteroatoms. The molecule has 25 aromatic carbocycles. The molecule has 30 rings (SSSR count). The predicted molar refractivity (Wildman–Crippen MR) is 647 cm³/mol. The van der Waals surface area contributed by atoms with Gasteiger partial charge in [-0.05, 0) is 321 Å². The van der Waals surface area contributed by atoms with Crippen LogP contribution in [-0.4, -0.2) is 0 Å². The second-order valence-corrected chi connectivity index (χ2v) is 42.3. The third kappa shape index (κ3) is 18.7. The molecule has 0 fully saturated rings. The van der Waals surface area contributed by atoms with Crippen LogP contribution in [0.25, 0.3) is 192 Å². The van der Waals surface area contributed by atoms with Gasteiger partial charge in [-0.1, -0.05) is 547 Å². The van der Waals surface area contributed by atoms with Gasteiger partial charge in [-0.15, -0.1) is 0 Å². The van der Waals surface area contributed by atoms with Crippen molar-refractivity contribution < 1.29 is 0 Å². The maximum absolute atomic E-state index is 2.46. The van der Waals surface area contributed by atoms with Crippen molar-refractivity contribution in [2.45, 2.75) is 89.9 Å². The van der Waals surface area contributed by atoms with Crippen LogP contribution in [0.5, 0.6) is 0 Å². The largest absolute Gasteiger partial charge is 0.0839 e. The third-order valence-electron chi connectivity index (χ3n) is 31.7. The third-order valence-corrected chi connectivity index (χ3v) is 31.7. The standard InChI is InChI=1S/C53H36.C29H22.C20H14.C15H16.C15H14.3C6H6/c1-53(2)49-32-39(24-26-43(49)47-28-23-35-13-7-8-16-42(35)52(47)53)38-25-27-46-48(31-38)51(41-22-20-34-12-4-6-15-37(34)30-41)45-18-10-9-17-44(45)50(46)40-21-19-33-11-3-5-14-36(33)29-40;1-29(2)27-10-6-5-9-25(27)26-14-13-23(18-28(26)29)21-11-12-22-15-19-7-3-4-8-20(19)16-24(22)17-21;1-2-6-15(7-3-1)18-10-11-19-12-16-8-4-5-9-17(16)13-20(19)14-18;2*1-15(2)13-9-5-3-7-11(13)12-8-4-6-10-14(12)15;3*1-2-4-6-5-3-1/h3-32H,1-2H3;3-18H,1-2H3;1-14H;3,5-7,9-10H,4,8H2,1-2H3;3-10H,1-2H3;3*1-6H. The Kier molecular flexibility index (Phi) is 26.4. The summed E-state index contributed by atoms with van der Waals surface area (Å²) in [6.07, 6.45) is 7.06. The van der Waals surface area contributed by atoms with Gasteiger partial charge < -0.3 is 0 Å². The molecule has 0 nitrogen and oxygen atoms in total. The normalized spacial score (nSPS) is 13.6. The summed E-state index contributed by atoms with van der Waals surface area (Å²) >= 11 is 0. The van der Waals surface area contributed by atoms with Gasteiger partial charge in [0, 0.05) is 21.7 Å². The predicted octanol–water partition coefficient (Wildman–Crippen LogP) is 41.5. The van der Waals surface area contributed by atoms with Crippen LogP contribution in [0.2, 0.25) is 0 Å². The molecule has 25 aromatic rings. The Morgan fingerprint density at radius 1 is 0.153 bits per heavy atom. The lowest BCUT2D eigenvalue weighted by molar-refractivity contribution is 0.651. The van der Waals surface area contributed by atoms with Crippen LogP contribution in [-0.2, 0) is 21.7 Å². The minimum absolute atomic E-state index is 0.0367. The quantitative estimate of drug-likeness (QED) is 0.151. The Labute approximate surface area is 883 Å². The molecule has 0 atom stereocenters. The molecule has 0 radical (unpaired) electrons. The second kappa shape index (κ2) is 41.3. The molecule has 0 heterocycles. The van der Waals surface area contributed by atoms with Crippen molar-refractivity contribution in [2.24, 2.45) is 0 Å². The molecule has 0 bridgehead atoms. The van der Waals surface area contributed by atoms with Crippen LogP contribution in [0, 0.1) is 0 Å². The van der Waals surface area contributed by atoms with Crippen molar-refractivity contribution in [2.75, 3.05) is 0 Å². The smallest absolute Gasteiger partial charge is 0.0165 e. The van der Waals surface area contributed by atoms with Gasteiger partial charge in [-0.3, -0.25) is 0 Å². The molecule has 0 aromatic heterocycles. The minimum Gasteiger partial charge on any atom is -0.0839 e. The van der Waals surface area contributed by atoms with E-state index in [2.05, 4.69) is 504 Å². The average molecular weight is 1920 g/mol. The lowest BCUT2D eigenvalue weighted by Gasteiger charge is -2.24. The number of allylic oxidation sites excluding steroid dienone is 4. The highest BCUT2D eigenvalue weighted by Crippen LogP contribution is 2.56. The fourth-order valence-electron chi connectivity index (χ4n) is 24.0. The highest BCUT2D eigenvalue weighted by molar-refractivity contribution is 6.23. The molecule has 5 aliphatic carbocycles. The van der Waals surface area contributed by atoms with E-state index < -0.39 is 0 Å². The molecule has 0 N–H and O–H groups in total. The van der Waals surface area contributed by atoms with Crippen LogP contribution in [0.4, 0.5) is 0 Å². The van der Waals surface area contributed by atoms with E-state index in [4.69, 9.17) is 0 Å². The molecule has 720 valence electrons. The van der Waals surface area contributed by atoms with Crippen LogP contribution < -0.4 is 0 Å². The lowest BCUT2D eigenvalue weighted by atomic mass is 9.79. The lowest BCUT2D eigenvalue weighted by Crippen LogP contribution is -2.16. The van der Waals surface area contributed by atoms with E-state index in [-0.39, 0.29) is 21.7 Å². The Balaban J connectivity index is 0.000000106. The van der Waals surface area contributed by atoms with Gasteiger partial charge in [0.05, 0.1) is 0 Å². The first-order chi connectivity index (χ1) is 73.5. The summed E-state index contributed by atoms with van der Waals surface area (Å²) in [6, 6.07) is 196. The fourth-order valence-corrected chi connectivity index (χ4v) is 24.0. The Hall–Kier alpha value is -17.7. The van der Waals surface area contributed by atoms with Crippen LogP contribution >= 0.6 is 0 Å². The van der Waals surface area contributed by atoms with E-state index >= 15 is 0 Å². The number of rotatable bonds is 5. The van der Waals surface area contributed by atoms with E-state index in [1.165, 1.54) is 249 Å². The Bertz CT molecular complexity index is 9210. The minimum atomic E-state index is -0.117. The first-order valence-corrected chi connectivity index (χ1v) is 53.0. The Morgan fingerprint density at radius 3 is 0.893 bits per heavy atom. The van der Waals surface area contributed by atoms with Gasteiger partial charge in [0.2, 0.25) is 0 Å². The van der Waals surface area contributed by atoms with Crippen molar-refractivity contribution in [3.05, 3.63) is 608 Å². The summed E-state index contributed by atoms with van der Waals surface area (Å²) in [4.78, 5) is 0. The van der Waals surface area contributed by atoms with Gasteiger partial charge in [-0.25, -0.2) is 0 Å². The molecule has 5 aliphatic rings. The zero-order valence-electron chi connectivity index (χ0n) is 86.5. The van der Waals surface area contributed by atoms with Crippen molar-refractivity contribution >= 4 is 103 Å². The topological polar surface area (TPSA) is 0 Å². The SMILES string of the molecule is CC1(C)C2=C(CCC=C2)c2ccccc21.CC1(C)c2cc(-c3ccc4c(-c5ccc6ccccc6c5)c5ccccc5c(-c5ccc6ccccc6c5)c4c3)ccc2-c2ccc3ccccc3c21.CC1(C)c2ccccc2-c2ccc(-c3ccc4cc5ccccc5cc4c3)cc21.CC1(C)c2ccccc2-c2ccccc21.c1ccc(-c2ccc3cc4ccccc4cc3c2)cc1.c1ccccc1.c1ccccc1.c1ccccc1. The molecule has 150 heavy (non-hydrogen) atoms. The first-order valence-electron chi connectivity index (χ1n) is 53.0. The summed E-state index contributed by atoms with van der Waals surface area (Å²) in [5.41, 5.74) is 35.9. The summed E-state index contributed by atoms with van der Waals surface area (Å²) in [6.45, 7) is 18.8. The fraction of sp³-hybridized carbons (Fsp3) is 0.0933. The van der Waals surface area contributed by atoms with Crippen LogP contribution in [0.1, 0.15) is 113 Å². The van der Waals surface area contributed by atoms with Crippen molar-refractivity contribution in [3.8, 4) is 89.0 Å². The van der Waals surface area contributed by atoms with Crippen molar-refractivity contribution in [3.63, 3.8) is 0 Å². The monoisotopic (exact) mass is 1920 g/mol.